The maximum atomic E-state index is 13.7. The third kappa shape index (κ3) is 4.57. The summed E-state index contributed by atoms with van der Waals surface area (Å²) in [6, 6.07) is 20.6. The Morgan fingerprint density at radius 2 is 1.73 bits per heavy atom. The van der Waals surface area contributed by atoms with E-state index in [9.17, 15) is 19.7 Å². The fourth-order valence-corrected chi connectivity index (χ4v) is 7.06. The molecule has 3 aromatic rings. The first-order valence-corrected chi connectivity index (χ1v) is 14.2. The number of anilines is 1. The van der Waals surface area contributed by atoms with E-state index in [0.29, 0.717) is 24.8 Å². The Balaban J connectivity index is 1.27. The normalized spacial score (nSPS) is 25.0. The van der Waals surface area contributed by atoms with Gasteiger partial charge in [-0.3, -0.25) is 14.5 Å². The maximum absolute atomic E-state index is 13.7. The number of carbonyl (C=O) groups is 2. The number of imide groups is 1. The zero-order valence-corrected chi connectivity index (χ0v) is 22.9. The van der Waals surface area contributed by atoms with Crippen LogP contribution in [0.2, 0.25) is 6.32 Å². The lowest BCUT2D eigenvalue weighted by atomic mass is 9.58. The molecule has 204 valence electrons. The van der Waals surface area contributed by atoms with E-state index in [-0.39, 0.29) is 29.6 Å². The van der Waals surface area contributed by atoms with Crippen LogP contribution in [0.15, 0.2) is 83.4 Å². The first-order chi connectivity index (χ1) is 19.4. The Kier molecular flexibility index (Phi) is 7.11. The fourth-order valence-electron chi connectivity index (χ4n) is 7.06. The molecule has 0 aromatic heterocycles. The summed E-state index contributed by atoms with van der Waals surface area (Å²) in [5.41, 5.74) is 5.11. The second kappa shape index (κ2) is 10.7. The monoisotopic (exact) mass is 535 g/mol. The van der Waals surface area contributed by atoms with E-state index in [0.717, 1.165) is 40.3 Å². The predicted molar refractivity (Wildman–Crippen MR) is 157 cm³/mol. The molecule has 1 aliphatic carbocycles. The molecule has 0 radical (unpaired) electrons. The van der Waals surface area contributed by atoms with Crippen LogP contribution in [0.3, 0.4) is 0 Å². The van der Waals surface area contributed by atoms with E-state index in [2.05, 4.69) is 19.9 Å². The fraction of sp³-hybridized carbons (Fsp3) is 0.333. The third-order valence-electron chi connectivity index (χ3n) is 8.89. The summed E-state index contributed by atoms with van der Waals surface area (Å²) in [4.78, 5) is 28.6. The van der Waals surface area contributed by atoms with E-state index < -0.39 is 19.0 Å². The van der Waals surface area contributed by atoms with Crippen LogP contribution < -0.4 is 4.90 Å². The van der Waals surface area contributed by atoms with Gasteiger partial charge in [0.15, 0.2) is 0 Å². The molecule has 0 saturated carbocycles. The van der Waals surface area contributed by atoms with Gasteiger partial charge in [0.2, 0.25) is 11.8 Å². The van der Waals surface area contributed by atoms with E-state index in [4.69, 9.17) is 4.65 Å². The van der Waals surface area contributed by atoms with Crippen molar-refractivity contribution in [3.63, 3.8) is 0 Å². The lowest BCUT2D eigenvalue weighted by Gasteiger charge is -2.43. The third-order valence-corrected chi connectivity index (χ3v) is 8.89. The highest BCUT2D eigenvalue weighted by molar-refractivity contribution is 6.43. The average molecular weight is 535 g/mol. The van der Waals surface area contributed by atoms with Gasteiger partial charge in [-0.2, -0.15) is 0 Å². The number of phenols is 1. The van der Waals surface area contributed by atoms with Gasteiger partial charge in [-0.15, -0.1) is 0 Å². The predicted octanol–water partition coefficient (Wildman–Crippen LogP) is 6.14. The lowest BCUT2D eigenvalue weighted by Crippen LogP contribution is -2.46. The van der Waals surface area contributed by atoms with Crippen molar-refractivity contribution in [2.24, 2.45) is 17.8 Å². The van der Waals surface area contributed by atoms with Gasteiger partial charge in [0, 0.05) is 5.39 Å². The quantitative estimate of drug-likeness (QED) is 0.225. The number of aromatic hydroxyl groups is 1. The second-order valence-electron chi connectivity index (χ2n) is 11.3. The number of hydrogen-bond acceptors (Lipinski definition) is 5. The van der Waals surface area contributed by atoms with Gasteiger partial charge < -0.3 is 14.8 Å². The maximum Gasteiger partial charge on any atom is 0.455 e. The zero-order chi connectivity index (χ0) is 28.0. The van der Waals surface area contributed by atoms with Crippen LogP contribution in [0.1, 0.15) is 45.1 Å². The number of rotatable bonds is 6. The van der Waals surface area contributed by atoms with Crippen molar-refractivity contribution < 1.29 is 24.4 Å². The van der Waals surface area contributed by atoms with Crippen molar-refractivity contribution in [1.82, 2.24) is 0 Å². The highest BCUT2D eigenvalue weighted by Crippen LogP contribution is 2.51. The summed E-state index contributed by atoms with van der Waals surface area (Å²) in [6.45, 7) is 4.18. The largest absolute Gasteiger partial charge is 0.507 e. The average Bonchev–Trinajstić information content (AvgIpc) is 3.22. The summed E-state index contributed by atoms with van der Waals surface area (Å²) in [5.74, 6) is -1.11. The highest BCUT2D eigenvalue weighted by atomic mass is 16.5. The first-order valence-electron chi connectivity index (χ1n) is 14.2. The molecule has 0 spiro atoms. The topological polar surface area (TPSA) is 87.1 Å². The van der Waals surface area contributed by atoms with Crippen molar-refractivity contribution in [1.29, 1.82) is 0 Å². The Labute approximate surface area is 235 Å². The number of phenolic OH excluding ortho intramolecular Hbond substituents is 1. The second-order valence-corrected chi connectivity index (χ2v) is 11.3. The summed E-state index contributed by atoms with van der Waals surface area (Å²) >= 11 is 0. The zero-order valence-electron chi connectivity index (χ0n) is 22.9. The molecule has 2 fully saturated rings. The number of allylic oxidation sites excluding steroid dienone is 2. The lowest BCUT2D eigenvalue weighted by molar-refractivity contribution is -0.122. The minimum atomic E-state index is -0.977. The van der Waals surface area contributed by atoms with Crippen LogP contribution in [0, 0.1) is 17.8 Å². The van der Waals surface area contributed by atoms with Gasteiger partial charge in [0.1, 0.15) is 5.75 Å². The molecule has 6 rings (SSSR count). The van der Waals surface area contributed by atoms with Gasteiger partial charge in [-0.05, 0) is 79.6 Å². The highest BCUT2D eigenvalue weighted by Gasteiger charge is 2.57. The van der Waals surface area contributed by atoms with Crippen molar-refractivity contribution in [2.75, 3.05) is 4.90 Å². The molecule has 2 saturated heterocycles. The first kappa shape index (κ1) is 26.5. The molecule has 0 unspecified atom stereocenters. The van der Waals surface area contributed by atoms with Crippen LogP contribution >= 0.6 is 0 Å². The minimum absolute atomic E-state index is 0.136. The Morgan fingerprint density at radius 1 is 1.00 bits per heavy atom. The summed E-state index contributed by atoms with van der Waals surface area (Å²) in [7, 11) is -0.977. The number of nitrogens with zero attached hydrogens (tertiary/aromatic N) is 1. The van der Waals surface area contributed by atoms with Crippen molar-refractivity contribution in [3.8, 4) is 5.75 Å². The SMILES string of the molecule is CCC1=C2[C@@H](CC/C(C)=C/c3ccc(O)c4ccccc34)OB(O)C[C@@H]2[C@@H]2C(=O)N(c3ccccc3)C(=O)[C@@H]2C1. The number of fused-ring (bicyclic) bond motifs is 4. The van der Waals surface area contributed by atoms with Gasteiger partial charge >= 0.3 is 7.12 Å². The number of benzene rings is 3. The van der Waals surface area contributed by atoms with Crippen molar-refractivity contribution in [2.45, 2.75) is 52.0 Å². The van der Waals surface area contributed by atoms with Crippen LogP contribution in [0.5, 0.6) is 5.75 Å². The molecule has 2 heterocycles. The molecule has 2 amide bonds. The molecule has 0 bridgehead atoms. The standard InChI is InChI=1S/C33H34BNO5/c1-3-21-18-26-31(33(38)35(32(26)37)23-9-5-4-6-10-23)27-19-34(39)40-29(30(21)27)16-13-20(2)17-22-14-15-28(36)25-12-8-7-11-24(22)25/h4-12,14-15,17,26-27,29,31,36,39H,3,13,16,18-19H2,1-2H3/b20-17+/t26-,27+,29-,31-/m1/s1. The van der Waals surface area contributed by atoms with Gasteiger partial charge in [-0.25, -0.2) is 0 Å². The molecular weight excluding hydrogens is 501 g/mol. The Bertz CT molecular complexity index is 1530. The smallest absolute Gasteiger partial charge is 0.455 e. The number of para-hydroxylation sites is 1. The van der Waals surface area contributed by atoms with Crippen LogP contribution in [-0.4, -0.2) is 35.2 Å². The molecule has 3 aliphatic rings. The van der Waals surface area contributed by atoms with E-state index in [1.807, 2.05) is 48.5 Å². The van der Waals surface area contributed by atoms with Crippen molar-refractivity contribution >= 4 is 41.5 Å². The molecule has 4 atom stereocenters. The number of carbonyl (C=O) groups excluding carboxylic acids is 2. The van der Waals surface area contributed by atoms with E-state index in [1.54, 1.807) is 18.2 Å². The Morgan fingerprint density at radius 3 is 2.48 bits per heavy atom. The summed E-state index contributed by atoms with van der Waals surface area (Å²) < 4.78 is 6.12. The van der Waals surface area contributed by atoms with Gasteiger partial charge in [0.05, 0.1) is 23.6 Å². The van der Waals surface area contributed by atoms with Crippen LogP contribution in [0.4, 0.5) is 5.69 Å². The minimum Gasteiger partial charge on any atom is -0.507 e. The molecule has 6 nitrogen and oxygen atoms in total. The molecule has 2 N–H and O–H groups in total. The summed E-state index contributed by atoms with van der Waals surface area (Å²) in [5, 5.41) is 22.9. The van der Waals surface area contributed by atoms with Crippen LogP contribution in [0.25, 0.3) is 16.8 Å². The van der Waals surface area contributed by atoms with Gasteiger partial charge in [0.25, 0.3) is 0 Å². The van der Waals surface area contributed by atoms with Crippen molar-refractivity contribution in [3.05, 3.63) is 89.0 Å². The molecular formula is C33H34BNO5. The molecule has 7 heteroatoms. The molecule has 2 aliphatic heterocycles. The Hall–Kier alpha value is -3.68. The van der Waals surface area contributed by atoms with E-state index in [1.165, 1.54) is 10.5 Å². The van der Waals surface area contributed by atoms with Crippen LogP contribution in [-0.2, 0) is 14.2 Å². The number of hydrogen-bond donors (Lipinski definition) is 2. The molecule has 3 aromatic carbocycles. The van der Waals surface area contributed by atoms with Gasteiger partial charge in [-0.1, -0.05) is 72.7 Å². The van der Waals surface area contributed by atoms with E-state index >= 15 is 0 Å². The molecule has 40 heavy (non-hydrogen) atoms. The number of amides is 2. The summed E-state index contributed by atoms with van der Waals surface area (Å²) in [6.07, 6.45) is 4.92.